The zero-order chi connectivity index (χ0) is 24.3. The van der Waals surface area contributed by atoms with Gasteiger partial charge in [0, 0.05) is 34.8 Å². The summed E-state index contributed by atoms with van der Waals surface area (Å²) in [6.45, 7) is 0.577. The summed E-state index contributed by atoms with van der Waals surface area (Å²) in [5.74, 6) is -0.953. The molecule has 0 aliphatic heterocycles. The highest BCUT2D eigenvalue weighted by atomic mass is 79.9. The maximum atomic E-state index is 11.4. The Labute approximate surface area is 209 Å². The van der Waals surface area contributed by atoms with Gasteiger partial charge < -0.3 is 16.2 Å². The van der Waals surface area contributed by atoms with Crippen LogP contribution in [0.15, 0.2) is 46.3 Å². The number of carboxylic acid groups (broad SMARTS) is 1. The first-order chi connectivity index (χ1) is 15.7. The van der Waals surface area contributed by atoms with E-state index in [0.717, 1.165) is 29.3 Å². The fraction of sp³-hybridized carbons (Fsp3) is 0.520. The molecule has 1 fully saturated rings. The van der Waals surface area contributed by atoms with Crippen molar-refractivity contribution in [1.29, 1.82) is 0 Å². The van der Waals surface area contributed by atoms with Crippen molar-refractivity contribution in [3.63, 3.8) is 0 Å². The first-order valence-corrected chi connectivity index (χ1v) is 13.1. The second kappa shape index (κ2) is 13.8. The van der Waals surface area contributed by atoms with E-state index in [1.165, 1.54) is 17.7 Å². The zero-order valence-electron chi connectivity index (χ0n) is 19.6. The number of hydrogen-bond acceptors (Lipinski definition) is 5. The molecular weight excluding hydrogens is 502 g/mol. The molecule has 0 spiro atoms. The monoisotopic (exact) mass is 537 g/mol. The summed E-state index contributed by atoms with van der Waals surface area (Å²) in [6.07, 6.45) is 6.17. The lowest BCUT2D eigenvalue weighted by Gasteiger charge is -2.44. The van der Waals surface area contributed by atoms with E-state index >= 15 is 0 Å². The van der Waals surface area contributed by atoms with Crippen LogP contribution in [0.1, 0.15) is 55.4 Å². The Hall–Kier alpha value is -1.74. The normalized spacial score (nSPS) is 20.1. The molecule has 2 aromatic rings. The van der Waals surface area contributed by atoms with Gasteiger partial charge in [-0.3, -0.25) is 14.5 Å². The number of nitrogens with two attached hydrogens (primary N) is 1. The molecule has 1 aliphatic carbocycles. The molecule has 182 valence electrons. The number of thiophene rings is 1. The lowest BCUT2D eigenvalue weighted by molar-refractivity contribution is -0.137. The van der Waals surface area contributed by atoms with Crippen molar-refractivity contribution in [2.45, 2.75) is 62.9 Å². The van der Waals surface area contributed by atoms with E-state index in [-0.39, 0.29) is 24.3 Å². The van der Waals surface area contributed by atoms with E-state index in [1.807, 2.05) is 35.6 Å². The molecule has 33 heavy (non-hydrogen) atoms. The Morgan fingerprint density at radius 1 is 1.18 bits per heavy atom. The van der Waals surface area contributed by atoms with Crippen molar-refractivity contribution in [3.8, 4) is 0 Å². The van der Waals surface area contributed by atoms with Crippen LogP contribution in [0.2, 0.25) is 0 Å². The first-order valence-electron chi connectivity index (χ1n) is 11.4. The number of halogens is 1. The number of carbonyl (C=O) groups excluding carboxylic acids is 1. The number of nitrogens with zero attached hydrogens (tertiary/aromatic N) is 1. The molecule has 0 atom stereocenters. The van der Waals surface area contributed by atoms with Gasteiger partial charge in [0.15, 0.2) is 0 Å². The molecule has 1 aromatic heterocycles. The van der Waals surface area contributed by atoms with E-state index in [9.17, 15) is 9.59 Å². The number of amides is 1. The van der Waals surface area contributed by atoms with Crippen LogP contribution in [-0.4, -0.2) is 48.6 Å². The second-order valence-electron chi connectivity index (χ2n) is 8.71. The van der Waals surface area contributed by atoms with E-state index < -0.39 is 5.97 Å². The van der Waals surface area contributed by atoms with E-state index in [2.05, 4.69) is 57.8 Å². The van der Waals surface area contributed by atoms with Gasteiger partial charge in [-0.25, -0.2) is 0 Å². The number of nitrogens with one attached hydrogen (secondary N) is 1. The third-order valence-electron chi connectivity index (χ3n) is 6.14. The average Bonchev–Trinajstić information content (AvgIpc) is 3.31. The Bertz CT molecular complexity index is 848. The molecule has 1 aromatic carbocycles. The largest absolute Gasteiger partial charge is 0.481 e. The van der Waals surface area contributed by atoms with Crippen LogP contribution in [-0.2, 0) is 21.5 Å². The van der Waals surface area contributed by atoms with Gasteiger partial charge in [0.05, 0.1) is 5.54 Å². The van der Waals surface area contributed by atoms with Gasteiger partial charge in [0.1, 0.15) is 0 Å². The molecule has 1 saturated carbocycles. The fourth-order valence-corrected chi connectivity index (χ4v) is 5.39. The van der Waals surface area contributed by atoms with Crippen LogP contribution >= 0.6 is 27.3 Å². The molecule has 0 saturated heterocycles. The Morgan fingerprint density at radius 2 is 1.85 bits per heavy atom. The van der Waals surface area contributed by atoms with Crippen molar-refractivity contribution < 1.29 is 14.7 Å². The summed E-state index contributed by atoms with van der Waals surface area (Å²) >= 11 is 5.23. The molecule has 1 heterocycles. The Balaban J connectivity index is 0.000000237. The third-order valence-corrected chi connectivity index (χ3v) is 7.73. The summed E-state index contributed by atoms with van der Waals surface area (Å²) in [7, 11) is 4.38. The first kappa shape index (κ1) is 27.5. The molecular formula is C25H36BrN3O3S. The van der Waals surface area contributed by atoms with Crippen LogP contribution in [0.5, 0.6) is 0 Å². The molecule has 3 rings (SSSR count). The van der Waals surface area contributed by atoms with Gasteiger partial charge in [0.25, 0.3) is 0 Å². The summed E-state index contributed by atoms with van der Waals surface area (Å²) in [4.78, 5) is 25.5. The topological polar surface area (TPSA) is 95.7 Å². The number of carbonyl (C=O) groups is 2. The van der Waals surface area contributed by atoms with Gasteiger partial charge in [0.2, 0.25) is 5.91 Å². The lowest BCUT2D eigenvalue weighted by Crippen LogP contribution is -2.46. The van der Waals surface area contributed by atoms with Crippen LogP contribution in [0.4, 0.5) is 0 Å². The molecule has 4 N–H and O–H groups in total. The van der Waals surface area contributed by atoms with Crippen LogP contribution in [0.25, 0.3) is 0 Å². The van der Waals surface area contributed by atoms with Crippen molar-refractivity contribution >= 4 is 39.1 Å². The summed E-state index contributed by atoms with van der Waals surface area (Å²) in [6, 6.07) is 12.8. The van der Waals surface area contributed by atoms with Gasteiger partial charge >= 0.3 is 5.97 Å². The maximum Gasteiger partial charge on any atom is 0.303 e. The third kappa shape index (κ3) is 9.20. The van der Waals surface area contributed by atoms with Crippen molar-refractivity contribution in [2.75, 3.05) is 20.6 Å². The summed E-state index contributed by atoms with van der Waals surface area (Å²) < 4.78 is 1.03. The predicted octanol–water partition coefficient (Wildman–Crippen LogP) is 4.77. The van der Waals surface area contributed by atoms with Crippen molar-refractivity contribution in [2.24, 2.45) is 5.73 Å². The predicted molar refractivity (Wildman–Crippen MR) is 138 cm³/mol. The number of carboxylic acids is 1. The smallest absolute Gasteiger partial charge is 0.303 e. The second-order valence-corrected chi connectivity index (χ2v) is 10.6. The van der Waals surface area contributed by atoms with Crippen molar-refractivity contribution in [3.05, 3.63) is 56.7 Å². The van der Waals surface area contributed by atoms with E-state index in [0.29, 0.717) is 19.0 Å². The van der Waals surface area contributed by atoms with Gasteiger partial charge in [-0.1, -0.05) is 34.1 Å². The molecule has 0 unspecified atom stereocenters. The highest BCUT2D eigenvalue weighted by Crippen LogP contribution is 2.42. The minimum atomic E-state index is -0.863. The number of benzene rings is 1. The van der Waals surface area contributed by atoms with Crippen molar-refractivity contribution in [1.82, 2.24) is 10.2 Å². The average molecular weight is 539 g/mol. The molecule has 0 bridgehead atoms. The highest BCUT2D eigenvalue weighted by Gasteiger charge is 2.38. The fourth-order valence-electron chi connectivity index (χ4n) is 4.06. The number of rotatable bonds is 9. The van der Waals surface area contributed by atoms with E-state index in [1.54, 1.807) is 0 Å². The van der Waals surface area contributed by atoms with Gasteiger partial charge in [-0.2, -0.15) is 0 Å². The summed E-state index contributed by atoms with van der Waals surface area (Å²) in [5.41, 5.74) is 7.40. The Morgan fingerprint density at radius 3 is 2.39 bits per heavy atom. The van der Waals surface area contributed by atoms with Gasteiger partial charge in [-0.05, 0) is 81.8 Å². The maximum absolute atomic E-state index is 11.4. The molecule has 1 amide bonds. The number of hydrogen-bond donors (Lipinski definition) is 3. The standard InChI is InChI=1S/C13H16BrNO3.C12H20N2S/c14-11-6-4-10(5-7-11)8-9-15-12(16)2-1-3-13(17)18;1-14(2)12(11-4-3-9-15-11)7-5-10(13)6-8-12/h4-7H,1-3,8-9H2,(H,15,16)(H,17,18);3-4,9-10H,5-8,13H2,1-2H3. The van der Waals surface area contributed by atoms with Gasteiger partial charge in [-0.15, -0.1) is 11.3 Å². The Kier molecular flexibility index (Phi) is 11.5. The van der Waals surface area contributed by atoms with Crippen LogP contribution < -0.4 is 11.1 Å². The number of aliphatic carboxylic acids is 1. The quantitative estimate of drug-likeness (QED) is 0.428. The zero-order valence-corrected chi connectivity index (χ0v) is 22.0. The van der Waals surface area contributed by atoms with Crippen LogP contribution in [0, 0.1) is 0 Å². The molecule has 8 heteroatoms. The molecule has 1 aliphatic rings. The van der Waals surface area contributed by atoms with Crippen LogP contribution in [0.3, 0.4) is 0 Å². The molecule has 0 radical (unpaired) electrons. The highest BCUT2D eigenvalue weighted by molar-refractivity contribution is 9.10. The molecule has 6 nitrogen and oxygen atoms in total. The van der Waals surface area contributed by atoms with E-state index in [4.69, 9.17) is 10.8 Å². The minimum absolute atomic E-state index is 0.0418. The lowest BCUT2D eigenvalue weighted by atomic mass is 9.78. The summed E-state index contributed by atoms with van der Waals surface area (Å²) in [5, 5.41) is 13.4. The minimum Gasteiger partial charge on any atom is -0.481 e. The SMILES string of the molecule is CN(C)C1(c2cccs2)CCC(N)CC1.O=C(O)CCCC(=O)NCCc1ccc(Br)cc1.